The van der Waals surface area contributed by atoms with Crippen LogP contribution in [0.5, 0.6) is 0 Å². The van der Waals surface area contributed by atoms with Gasteiger partial charge in [0, 0.05) is 18.5 Å². The summed E-state index contributed by atoms with van der Waals surface area (Å²) in [5.41, 5.74) is 4.28. The molecule has 0 aliphatic rings. The number of amides is 1. The van der Waals surface area contributed by atoms with E-state index in [9.17, 15) is 18.0 Å². The van der Waals surface area contributed by atoms with Crippen molar-refractivity contribution < 1.29 is 18.0 Å². The molecule has 17 heavy (non-hydrogen) atoms. The van der Waals surface area contributed by atoms with Gasteiger partial charge in [0.25, 0.3) is 0 Å². The number of nitrogens with one attached hydrogen (secondary N) is 1. The summed E-state index contributed by atoms with van der Waals surface area (Å²) in [6.45, 7) is 6.78. The molecule has 0 aromatic carbocycles. The number of nitrogens with two attached hydrogens (primary N) is 1. The fourth-order valence-corrected chi connectivity index (χ4v) is 1.00. The predicted molar refractivity (Wildman–Crippen MR) is 60.3 cm³/mol. The molecule has 0 heterocycles. The van der Waals surface area contributed by atoms with E-state index in [0.717, 1.165) is 0 Å². The maximum atomic E-state index is 11.9. The quantitative estimate of drug-likeness (QED) is 0.739. The molecule has 0 aromatic heterocycles. The molecule has 0 aromatic rings. The van der Waals surface area contributed by atoms with Crippen LogP contribution in [0, 0.1) is 5.41 Å². The molecule has 0 bridgehead atoms. The lowest BCUT2D eigenvalue weighted by atomic mass is 9.74. The van der Waals surface area contributed by atoms with E-state index in [1.165, 1.54) is 0 Å². The van der Waals surface area contributed by atoms with Crippen molar-refractivity contribution >= 4 is 5.91 Å². The van der Waals surface area contributed by atoms with Gasteiger partial charge in [-0.25, -0.2) is 0 Å². The van der Waals surface area contributed by atoms with Crippen LogP contribution in [0.3, 0.4) is 0 Å². The number of carbonyl (C=O) groups excluding carboxylic acids is 1. The van der Waals surface area contributed by atoms with Gasteiger partial charge in [0.1, 0.15) is 0 Å². The van der Waals surface area contributed by atoms with E-state index >= 15 is 0 Å². The minimum absolute atomic E-state index is 0.0118. The number of hydrogen-bond acceptors (Lipinski definition) is 2. The van der Waals surface area contributed by atoms with Crippen molar-refractivity contribution in [1.29, 1.82) is 0 Å². The van der Waals surface area contributed by atoms with Crippen LogP contribution >= 0.6 is 0 Å². The molecule has 6 heteroatoms. The largest absolute Gasteiger partial charge is 0.389 e. The van der Waals surface area contributed by atoms with E-state index in [1.54, 1.807) is 27.7 Å². The molecular formula is C11H21F3N2O. The lowest BCUT2D eigenvalue weighted by molar-refractivity contribution is -0.138. The van der Waals surface area contributed by atoms with Crippen molar-refractivity contribution in [1.82, 2.24) is 5.32 Å². The summed E-state index contributed by atoms with van der Waals surface area (Å²) in [5.74, 6) is -0.327. The Morgan fingerprint density at radius 3 is 2.00 bits per heavy atom. The topological polar surface area (TPSA) is 55.1 Å². The Labute approximate surface area is 99.9 Å². The molecule has 0 saturated carbocycles. The molecule has 0 spiro atoms. The summed E-state index contributed by atoms with van der Waals surface area (Å²) in [7, 11) is 0. The third-order valence-corrected chi connectivity index (χ3v) is 3.10. The highest BCUT2D eigenvalue weighted by Gasteiger charge is 2.40. The van der Waals surface area contributed by atoms with Gasteiger partial charge in [0.2, 0.25) is 5.91 Å². The van der Waals surface area contributed by atoms with Gasteiger partial charge in [-0.15, -0.1) is 0 Å². The van der Waals surface area contributed by atoms with E-state index < -0.39 is 23.6 Å². The van der Waals surface area contributed by atoms with E-state index in [2.05, 4.69) is 5.32 Å². The molecule has 0 unspecified atom stereocenters. The van der Waals surface area contributed by atoms with Crippen LogP contribution in [-0.2, 0) is 4.79 Å². The van der Waals surface area contributed by atoms with Gasteiger partial charge in [-0.1, -0.05) is 0 Å². The van der Waals surface area contributed by atoms with Crippen molar-refractivity contribution in [2.75, 3.05) is 6.54 Å². The van der Waals surface area contributed by atoms with Crippen LogP contribution in [0.2, 0.25) is 0 Å². The van der Waals surface area contributed by atoms with Gasteiger partial charge in [-0.2, -0.15) is 13.2 Å². The Bertz CT molecular complexity index is 267. The zero-order chi connectivity index (χ0) is 13.9. The highest BCUT2D eigenvalue weighted by molar-refractivity contribution is 5.83. The molecule has 0 rings (SSSR count). The smallest absolute Gasteiger partial charge is 0.356 e. The third kappa shape index (κ3) is 5.39. The Morgan fingerprint density at radius 2 is 1.65 bits per heavy atom. The first-order valence-electron chi connectivity index (χ1n) is 5.52. The Balaban J connectivity index is 4.12. The molecule has 3 nitrogen and oxygen atoms in total. The van der Waals surface area contributed by atoms with Crippen molar-refractivity contribution in [2.45, 2.75) is 52.3 Å². The third-order valence-electron chi connectivity index (χ3n) is 3.10. The van der Waals surface area contributed by atoms with Crippen LogP contribution in [0.15, 0.2) is 0 Å². The van der Waals surface area contributed by atoms with Crippen molar-refractivity contribution in [3.63, 3.8) is 0 Å². The second-order valence-electron chi connectivity index (χ2n) is 5.32. The first-order chi connectivity index (χ1) is 7.38. The second kappa shape index (κ2) is 5.25. The molecule has 0 fully saturated rings. The summed E-state index contributed by atoms with van der Waals surface area (Å²) in [5, 5.41) is 2.48. The number of rotatable bonds is 5. The van der Waals surface area contributed by atoms with Gasteiger partial charge < -0.3 is 11.1 Å². The molecule has 102 valence electrons. The summed E-state index contributed by atoms with van der Waals surface area (Å²) in [6, 6.07) is 0. The monoisotopic (exact) mass is 254 g/mol. The average Bonchev–Trinajstić information content (AvgIpc) is 2.08. The Kier molecular flexibility index (Phi) is 5.01. The van der Waals surface area contributed by atoms with Crippen molar-refractivity contribution in [2.24, 2.45) is 11.1 Å². The predicted octanol–water partition coefficient (Wildman–Crippen LogP) is 2.21. The minimum Gasteiger partial charge on any atom is -0.356 e. The van der Waals surface area contributed by atoms with Crippen LogP contribution < -0.4 is 11.1 Å². The van der Waals surface area contributed by atoms with E-state index in [0.29, 0.717) is 0 Å². The zero-order valence-electron chi connectivity index (χ0n) is 10.7. The normalized spacial score (nSPS) is 13.6. The summed E-state index contributed by atoms with van der Waals surface area (Å²) >= 11 is 0. The van der Waals surface area contributed by atoms with Gasteiger partial charge >= 0.3 is 6.18 Å². The lowest BCUT2D eigenvalue weighted by Gasteiger charge is -2.36. The van der Waals surface area contributed by atoms with Gasteiger partial charge in [0.15, 0.2) is 0 Å². The van der Waals surface area contributed by atoms with Crippen LogP contribution in [-0.4, -0.2) is 24.2 Å². The minimum atomic E-state index is -4.17. The zero-order valence-corrected chi connectivity index (χ0v) is 10.7. The van der Waals surface area contributed by atoms with E-state index in [1.807, 2.05) is 0 Å². The molecule has 0 radical (unpaired) electrons. The van der Waals surface area contributed by atoms with E-state index in [-0.39, 0.29) is 18.9 Å². The maximum Gasteiger partial charge on any atom is 0.389 e. The molecule has 0 aliphatic heterocycles. The van der Waals surface area contributed by atoms with Crippen molar-refractivity contribution in [3.05, 3.63) is 0 Å². The fourth-order valence-electron chi connectivity index (χ4n) is 1.00. The Morgan fingerprint density at radius 1 is 1.18 bits per heavy atom. The number of hydrogen-bond donors (Lipinski definition) is 2. The molecular weight excluding hydrogens is 233 g/mol. The molecule has 1 amide bonds. The number of alkyl halides is 3. The van der Waals surface area contributed by atoms with Crippen LogP contribution in [0.1, 0.15) is 40.5 Å². The summed E-state index contributed by atoms with van der Waals surface area (Å²) < 4.78 is 35.6. The molecule has 0 atom stereocenters. The number of carbonyl (C=O) groups is 1. The fraction of sp³-hybridized carbons (Fsp3) is 0.909. The Hall–Kier alpha value is -0.780. The van der Waals surface area contributed by atoms with Crippen LogP contribution in [0.4, 0.5) is 13.2 Å². The van der Waals surface area contributed by atoms with Gasteiger partial charge in [0.05, 0.1) is 5.41 Å². The summed E-state index contributed by atoms with van der Waals surface area (Å²) in [6.07, 6.45) is -5.18. The molecule has 0 aliphatic carbocycles. The first kappa shape index (κ1) is 16.2. The van der Waals surface area contributed by atoms with E-state index in [4.69, 9.17) is 5.73 Å². The van der Waals surface area contributed by atoms with Gasteiger partial charge in [-0.3, -0.25) is 4.79 Å². The molecule has 0 saturated heterocycles. The standard InChI is InChI=1S/C11H21F3N2O/c1-9(2,10(3,4)15)8(17)16-7-5-6-11(12,13)14/h5-7,15H2,1-4H3,(H,16,17). The summed E-state index contributed by atoms with van der Waals surface area (Å²) in [4.78, 5) is 11.8. The first-order valence-corrected chi connectivity index (χ1v) is 5.52. The van der Waals surface area contributed by atoms with Gasteiger partial charge in [-0.05, 0) is 34.1 Å². The van der Waals surface area contributed by atoms with Crippen LogP contribution in [0.25, 0.3) is 0 Å². The highest BCUT2D eigenvalue weighted by Crippen LogP contribution is 2.28. The SMILES string of the molecule is CC(C)(N)C(C)(C)C(=O)NCCCC(F)(F)F. The number of halogens is 3. The maximum absolute atomic E-state index is 11.9. The average molecular weight is 254 g/mol. The molecule has 3 N–H and O–H groups in total. The lowest BCUT2D eigenvalue weighted by Crippen LogP contribution is -2.55. The van der Waals surface area contributed by atoms with Crippen molar-refractivity contribution in [3.8, 4) is 0 Å². The second-order valence-corrected chi connectivity index (χ2v) is 5.32. The highest BCUT2D eigenvalue weighted by atomic mass is 19.4.